The Morgan fingerprint density at radius 1 is 1.14 bits per heavy atom. The number of carbonyl (C=O) groups is 1. The standard InChI is InChI=1S/C15H9F2NO4/c16-12-4-1-10(8-13(12)17)15(20)6-2-9-7-11(19)3-5-14(9)18(21)22/h1-8,19H/b6-2+. The first-order valence-corrected chi connectivity index (χ1v) is 6.03. The van der Waals surface area contributed by atoms with Gasteiger partial charge in [-0.25, -0.2) is 8.78 Å². The van der Waals surface area contributed by atoms with Crippen molar-refractivity contribution in [1.29, 1.82) is 0 Å². The predicted molar refractivity (Wildman–Crippen MR) is 74.5 cm³/mol. The van der Waals surface area contributed by atoms with Gasteiger partial charge in [-0.2, -0.15) is 0 Å². The highest BCUT2D eigenvalue weighted by molar-refractivity contribution is 6.07. The molecule has 0 saturated carbocycles. The number of nitrogens with zero attached hydrogens (tertiary/aromatic N) is 1. The number of nitro groups is 1. The Bertz CT molecular complexity index is 787. The largest absolute Gasteiger partial charge is 0.508 e. The summed E-state index contributed by atoms with van der Waals surface area (Å²) in [6, 6.07) is 6.00. The molecule has 22 heavy (non-hydrogen) atoms. The topological polar surface area (TPSA) is 80.4 Å². The van der Waals surface area contributed by atoms with Gasteiger partial charge >= 0.3 is 0 Å². The van der Waals surface area contributed by atoms with Gasteiger partial charge < -0.3 is 5.11 Å². The van der Waals surface area contributed by atoms with Crippen molar-refractivity contribution >= 4 is 17.5 Å². The fourth-order valence-corrected chi connectivity index (χ4v) is 1.75. The average Bonchev–Trinajstić information content (AvgIpc) is 2.47. The molecule has 0 saturated heterocycles. The Kier molecular flexibility index (Phi) is 4.26. The molecule has 0 unspecified atom stereocenters. The minimum Gasteiger partial charge on any atom is -0.508 e. The molecule has 0 aromatic heterocycles. The van der Waals surface area contributed by atoms with E-state index in [0.717, 1.165) is 48.6 Å². The van der Waals surface area contributed by atoms with Crippen LogP contribution >= 0.6 is 0 Å². The molecular formula is C15H9F2NO4. The molecule has 0 aliphatic heterocycles. The minimum atomic E-state index is -1.16. The maximum atomic E-state index is 13.1. The fourth-order valence-electron chi connectivity index (χ4n) is 1.75. The highest BCUT2D eigenvalue weighted by Crippen LogP contribution is 2.24. The molecule has 0 aliphatic rings. The number of aromatic hydroxyl groups is 1. The highest BCUT2D eigenvalue weighted by atomic mass is 19.2. The second kappa shape index (κ2) is 6.13. The molecule has 0 spiro atoms. The first kappa shape index (κ1) is 15.3. The first-order chi connectivity index (χ1) is 10.4. The molecule has 1 N–H and O–H groups in total. The van der Waals surface area contributed by atoms with Crippen LogP contribution < -0.4 is 0 Å². The van der Waals surface area contributed by atoms with Crippen LogP contribution in [0.2, 0.25) is 0 Å². The summed E-state index contributed by atoms with van der Waals surface area (Å²) in [6.45, 7) is 0. The van der Waals surface area contributed by atoms with Gasteiger partial charge in [-0.1, -0.05) is 0 Å². The number of phenolic OH excluding ortho intramolecular Hbond substituents is 1. The van der Waals surface area contributed by atoms with Crippen molar-refractivity contribution in [3.63, 3.8) is 0 Å². The van der Waals surface area contributed by atoms with Crippen LogP contribution in [0.25, 0.3) is 6.08 Å². The zero-order chi connectivity index (χ0) is 16.3. The van der Waals surface area contributed by atoms with Gasteiger partial charge in [0, 0.05) is 11.6 Å². The molecule has 2 aromatic rings. The van der Waals surface area contributed by atoms with Gasteiger partial charge in [0.1, 0.15) is 5.75 Å². The molecule has 112 valence electrons. The van der Waals surface area contributed by atoms with Crippen molar-refractivity contribution in [2.75, 3.05) is 0 Å². The Morgan fingerprint density at radius 3 is 2.50 bits per heavy atom. The van der Waals surface area contributed by atoms with Gasteiger partial charge in [0.2, 0.25) is 0 Å². The molecule has 0 amide bonds. The Hall–Kier alpha value is -3.09. The van der Waals surface area contributed by atoms with Crippen LogP contribution in [0.5, 0.6) is 5.75 Å². The van der Waals surface area contributed by atoms with Gasteiger partial charge in [0.15, 0.2) is 17.4 Å². The smallest absolute Gasteiger partial charge is 0.276 e. The number of hydrogen-bond acceptors (Lipinski definition) is 4. The van der Waals surface area contributed by atoms with E-state index in [9.17, 15) is 28.8 Å². The summed E-state index contributed by atoms with van der Waals surface area (Å²) in [5.74, 6) is -3.10. The van der Waals surface area contributed by atoms with Crippen molar-refractivity contribution in [2.24, 2.45) is 0 Å². The Labute approximate surface area is 123 Å². The lowest BCUT2D eigenvalue weighted by molar-refractivity contribution is -0.385. The Balaban J connectivity index is 2.31. The molecular weight excluding hydrogens is 296 g/mol. The van der Waals surface area contributed by atoms with Crippen molar-refractivity contribution < 1.29 is 23.6 Å². The van der Waals surface area contributed by atoms with Crippen LogP contribution in [0.1, 0.15) is 15.9 Å². The molecule has 0 radical (unpaired) electrons. The maximum Gasteiger partial charge on any atom is 0.276 e. The van der Waals surface area contributed by atoms with Crippen molar-refractivity contribution in [2.45, 2.75) is 0 Å². The van der Waals surface area contributed by atoms with Gasteiger partial charge in [-0.05, 0) is 42.5 Å². The van der Waals surface area contributed by atoms with Gasteiger partial charge in [0.05, 0.1) is 10.5 Å². The van der Waals surface area contributed by atoms with Crippen LogP contribution in [-0.2, 0) is 0 Å². The second-order valence-electron chi connectivity index (χ2n) is 4.33. The van der Waals surface area contributed by atoms with E-state index in [4.69, 9.17) is 0 Å². The summed E-state index contributed by atoms with van der Waals surface area (Å²) in [6.07, 6.45) is 2.11. The molecule has 0 atom stereocenters. The third kappa shape index (κ3) is 3.32. The lowest BCUT2D eigenvalue weighted by atomic mass is 10.1. The molecule has 2 aromatic carbocycles. The number of halogens is 2. The number of nitro benzene ring substituents is 1. The molecule has 5 nitrogen and oxygen atoms in total. The monoisotopic (exact) mass is 305 g/mol. The van der Waals surface area contributed by atoms with Crippen LogP contribution in [0.3, 0.4) is 0 Å². The molecule has 7 heteroatoms. The van der Waals surface area contributed by atoms with E-state index in [1.165, 1.54) is 0 Å². The van der Waals surface area contributed by atoms with E-state index in [2.05, 4.69) is 0 Å². The lowest BCUT2D eigenvalue weighted by Crippen LogP contribution is -1.97. The van der Waals surface area contributed by atoms with E-state index in [1.807, 2.05) is 0 Å². The van der Waals surface area contributed by atoms with E-state index < -0.39 is 22.3 Å². The molecule has 0 heterocycles. The summed E-state index contributed by atoms with van der Waals surface area (Å²) in [5.41, 5.74) is -0.383. The second-order valence-corrected chi connectivity index (χ2v) is 4.33. The summed E-state index contributed by atoms with van der Waals surface area (Å²) in [5, 5.41) is 20.2. The van der Waals surface area contributed by atoms with Crippen molar-refractivity contribution in [3.05, 3.63) is 75.3 Å². The zero-order valence-electron chi connectivity index (χ0n) is 11.0. The van der Waals surface area contributed by atoms with E-state index in [1.54, 1.807) is 0 Å². The maximum absolute atomic E-state index is 13.1. The molecule has 2 rings (SSSR count). The number of rotatable bonds is 4. The van der Waals surface area contributed by atoms with E-state index in [0.29, 0.717) is 0 Å². The number of allylic oxidation sites excluding steroid dienone is 1. The summed E-state index contributed by atoms with van der Waals surface area (Å²) < 4.78 is 25.8. The van der Waals surface area contributed by atoms with Gasteiger partial charge in [-0.3, -0.25) is 14.9 Å². The number of ketones is 1. The first-order valence-electron chi connectivity index (χ1n) is 6.03. The number of hydrogen-bond donors (Lipinski definition) is 1. The quantitative estimate of drug-likeness (QED) is 0.406. The van der Waals surface area contributed by atoms with Crippen LogP contribution in [0, 0.1) is 21.7 Å². The molecule has 0 bridgehead atoms. The van der Waals surface area contributed by atoms with Crippen LogP contribution in [0.4, 0.5) is 14.5 Å². The van der Waals surface area contributed by atoms with Crippen LogP contribution in [-0.4, -0.2) is 15.8 Å². The number of carbonyl (C=O) groups excluding carboxylic acids is 1. The third-order valence-corrected chi connectivity index (χ3v) is 2.83. The zero-order valence-corrected chi connectivity index (χ0v) is 11.0. The van der Waals surface area contributed by atoms with Crippen molar-refractivity contribution in [1.82, 2.24) is 0 Å². The average molecular weight is 305 g/mol. The van der Waals surface area contributed by atoms with E-state index in [-0.39, 0.29) is 22.6 Å². The SMILES string of the molecule is O=C(/C=C/c1cc(O)ccc1[N+](=O)[O-])c1ccc(F)c(F)c1. The molecule has 0 aliphatic carbocycles. The fraction of sp³-hybridized carbons (Fsp3) is 0. The Morgan fingerprint density at radius 2 is 1.86 bits per heavy atom. The van der Waals surface area contributed by atoms with E-state index >= 15 is 0 Å². The number of phenols is 1. The van der Waals surface area contributed by atoms with Crippen molar-refractivity contribution in [3.8, 4) is 5.75 Å². The van der Waals surface area contributed by atoms with Gasteiger partial charge in [0.25, 0.3) is 5.69 Å². The highest BCUT2D eigenvalue weighted by Gasteiger charge is 2.13. The summed E-state index contributed by atoms with van der Waals surface area (Å²) >= 11 is 0. The minimum absolute atomic E-state index is 0.0148. The summed E-state index contributed by atoms with van der Waals surface area (Å²) in [4.78, 5) is 22.0. The summed E-state index contributed by atoms with van der Waals surface area (Å²) in [7, 11) is 0. The third-order valence-electron chi connectivity index (χ3n) is 2.83. The normalized spacial score (nSPS) is 10.8. The van der Waals surface area contributed by atoms with Gasteiger partial charge in [-0.15, -0.1) is 0 Å². The number of benzene rings is 2. The predicted octanol–water partition coefficient (Wildman–Crippen LogP) is 3.47. The lowest BCUT2D eigenvalue weighted by Gasteiger charge is -1.99. The van der Waals surface area contributed by atoms with Crippen LogP contribution in [0.15, 0.2) is 42.5 Å². The molecule has 0 fully saturated rings.